The van der Waals surface area contributed by atoms with Crippen LogP contribution in [0.2, 0.25) is 0 Å². The van der Waals surface area contributed by atoms with Gasteiger partial charge in [-0.05, 0) is 11.6 Å². The molecule has 19 heavy (non-hydrogen) atoms. The van der Waals surface area contributed by atoms with Gasteiger partial charge in [0.05, 0.1) is 13.2 Å². The van der Waals surface area contributed by atoms with E-state index in [1.165, 1.54) is 0 Å². The highest BCUT2D eigenvalue weighted by molar-refractivity contribution is 5.28. The van der Waals surface area contributed by atoms with E-state index < -0.39 is 0 Å². The van der Waals surface area contributed by atoms with Gasteiger partial charge in [-0.1, -0.05) is 26.0 Å². The van der Waals surface area contributed by atoms with Crippen molar-refractivity contribution in [2.75, 3.05) is 26.3 Å². The van der Waals surface area contributed by atoms with Crippen LogP contribution in [0.15, 0.2) is 18.2 Å². The van der Waals surface area contributed by atoms with Gasteiger partial charge in [0.25, 0.3) is 0 Å². The third-order valence-corrected chi connectivity index (χ3v) is 3.40. The molecule has 0 bridgehead atoms. The van der Waals surface area contributed by atoms with Crippen LogP contribution in [0.4, 0.5) is 4.39 Å². The van der Waals surface area contributed by atoms with Gasteiger partial charge in [0.2, 0.25) is 0 Å². The highest BCUT2D eigenvalue weighted by Gasteiger charge is 2.15. The van der Waals surface area contributed by atoms with E-state index in [0.717, 1.165) is 44.0 Å². The molecule has 4 heteroatoms. The minimum absolute atomic E-state index is 0. The maximum atomic E-state index is 14.0. The standard InChI is InChI=1S/C15H23FN2O.H2/c1-12(2)17-10-13-4-3-5-15(16)14(13)11-18-6-8-19-9-7-18;/h3-5,12,17H,6-11H2,1-2H3;1H. The second-order valence-corrected chi connectivity index (χ2v) is 5.30. The molecule has 2 rings (SSSR count). The molecule has 0 atom stereocenters. The smallest absolute Gasteiger partial charge is 0.128 e. The Bertz CT molecular complexity index is 409. The number of hydrogen-bond donors (Lipinski definition) is 1. The maximum absolute atomic E-state index is 14.0. The molecule has 108 valence electrons. The van der Waals surface area contributed by atoms with Gasteiger partial charge in [0.1, 0.15) is 5.82 Å². The Morgan fingerprint density at radius 3 is 2.79 bits per heavy atom. The minimum atomic E-state index is -0.102. The maximum Gasteiger partial charge on any atom is 0.128 e. The summed E-state index contributed by atoms with van der Waals surface area (Å²) in [6.07, 6.45) is 0. The molecule has 0 aromatic heterocycles. The van der Waals surface area contributed by atoms with Crippen molar-refractivity contribution in [3.8, 4) is 0 Å². The number of ether oxygens (including phenoxy) is 1. The zero-order valence-electron chi connectivity index (χ0n) is 11.8. The summed E-state index contributed by atoms with van der Waals surface area (Å²) in [6, 6.07) is 5.75. The number of halogens is 1. The molecule has 0 aliphatic carbocycles. The van der Waals surface area contributed by atoms with Gasteiger partial charge in [0, 0.05) is 39.2 Å². The van der Waals surface area contributed by atoms with Crippen molar-refractivity contribution in [2.45, 2.75) is 33.0 Å². The van der Waals surface area contributed by atoms with Crippen LogP contribution < -0.4 is 5.32 Å². The lowest BCUT2D eigenvalue weighted by Crippen LogP contribution is -2.36. The van der Waals surface area contributed by atoms with E-state index in [1.54, 1.807) is 12.1 Å². The molecule has 3 nitrogen and oxygen atoms in total. The fourth-order valence-electron chi connectivity index (χ4n) is 2.24. The van der Waals surface area contributed by atoms with Crippen molar-refractivity contribution >= 4 is 0 Å². The van der Waals surface area contributed by atoms with Crippen LogP contribution in [-0.2, 0) is 17.8 Å². The second kappa shape index (κ2) is 6.98. The summed E-state index contributed by atoms with van der Waals surface area (Å²) < 4.78 is 19.4. The molecule has 1 aliphatic rings. The second-order valence-electron chi connectivity index (χ2n) is 5.30. The highest BCUT2D eigenvalue weighted by Crippen LogP contribution is 2.17. The Kier molecular flexibility index (Phi) is 5.31. The lowest BCUT2D eigenvalue weighted by molar-refractivity contribution is 0.0336. The van der Waals surface area contributed by atoms with Gasteiger partial charge in [-0.3, -0.25) is 4.90 Å². The summed E-state index contributed by atoms with van der Waals surface area (Å²) >= 11 is 0. The van der Waals surface area contributed by atoms with Crippen molar-refractivity contribution < 1.29 is 10.6 Å². The molecule has 1 fully saturated rings. The van der Waals surface area contributed by atoms with Gasteiger partial charge in [-0.15, -0.1) is 0 Å². The molecule has 0 unspecified atom stereocenters. The molecular weight excluding hydrogens is 243 g/mol. The average Bonchev–Trinajstić information content (AvgIpc) is 2.40. The lowest BCUT2D eigenvalue weighted by atomic mass is 10.1. The summed E-state index contributed by atoms with van der Waals surface area (Å²) in [7, 11) is 0. The molecule has 0 saturated carbocycles. The number of benzene rings is 1. The van der Waals surface area contributed by atoms with Gasteiger partial charge in [0.15, 0.2) is 0 Å². The summed E-state index contributed by atoms with van der Waals surface area (Å²) in [4.78, 5) is 2.25. The van der Waals surface area contributed by atoms with E-state index in [0.29, 0.717) is 12.6 Å². The van der Waals surface area contributed by atoms with Crippen molar-refractivity contribution in [3.05, 3.63) is 35.1 Å². The fourth-order valence-corrected chi connectivity index (χ4v) is 2.24. The topological polar surface area (TPSA) is 24.5 Å². The van der Waals surface area contributed by atoms with Crippen molar-refractivity contribution in [2.24, 2.45) is 0 Å². The quantitative estimate of drug-likeness (QED) is 0.887. The van der Waals surface area contributed by atoms with E-state index in [4.69, 9.17) is 4.74 Å². The van der Waals surface area contributed by atoms with Gasteiger partial charge < -0.3 is 10.1 Å². The minimum Gasteiger partial charge on any atom is -0.379 e. The van der Waals surface area contributed by atoms with Crippen LogP contribution in [0.3, 0.4) is 0 Å². The van der Waals surface area contributed by atoms with Gasteiger partial charge >= 0.3 is 0 Å². The number of nitrogens with one attached hydrogen (secondary N) is 1. The fraction of sp³-hybridized carbons (Fsp3) is 0.600. The van der Waals surface area contributed by atoms with Gasteiger partial charge in [-0.2, -0.15) is 0 Å². The lowest BCUT2D eigenvalue weighted by Gasteiger charge is -2.27. The summed E-state index contributed by atoms with van der Waals surface area (Å²) in [6.45, 7) is 8.83. The molecule has 1 aromatic rings. The third-order valence-electron chi connectivity index (χ3n) is 3.40. The number of morpholine rings is 1. The normalized spacial score (nSPS) is 17.1. The zero-order chi connectivity index (χ0) is 13.7. The summed E-state index contributed by atoms with van der Waals surface area (Å²) in [5.41, 5.74) is 1.87. The monoisotopic (exact) mass is 268 g/mol. The largest absolute Gasteiger partial charge is 0.379 e. The zero-order valence-corrected chi connectivity index (χ0v) is 11.8. The molecule has 1 N–H and O–H groups in total. The van der Waals surface area contributed by atoms with Gasteiger partial charge in [-0.25, -0.2) is 4.39 Å². The third kappa shape index (κ3) is 4.27. The number of rotatable bonds is 5. The Hall–Kier alpha value is -0.970. The summed E-state index contributed by atoms with van der Waals surface area (Å²) in [5.74, 6) is -0.102. The van der Waals surface area contributed by atoms with Crippen molar-refractivity contribution in [1.29, 1.82) is 0 Å². The predicted octanol–water partition coefficient (Wildman–Crippen LogP) is 2.40. The first-order chi connectivity index (χ1) is 9.16. The molecule has 0 radical (unpaired) electrons. The van der Waals surface area contributed by atoms with E-state index >= 15 is 0 Å². The van der Waals surface area contributed by atoms with E-state index in [9.17, 15) is 4.39 Å². The predicted molar refractivity (Wildman–Crippen MR) is 76.6 cm³/mol. The first-order valence-electron chi connectivity index (χ1n) is 6.96. The molecule has 0 amide bonds. The first kappa shape index (κ1) is 14.4. The number of hydrogen-bond acceptors (Lipinski definition) is 3. The molecule has 1 aliphatic heterocycles. The molecular formula is C15H25FN2O. The van der Waals surface area contributed by atoms with Crippen LogP contribution in [0.1, 0.15) is 26.4 Å². The van der Waals surface area contributed by atoms with E-state index in [1.807, 2.05) is 6.07 Å². The Morgan fingerprint density at radius 2 is 2.11 bits per heavy atom. The Morgan fingerprint density at radius 1 is 1.37 bits per heavy atom. The SMILES string of the molecule is CC(C)NCc1cccc(F)c1CN1CCOCC1.[HH]. The first-order valence-corrected chi connectivity index (χ1v) is 6.96. The number of nitrogens with zero attached hydrogens (tertiary/aromatic N) is 1. The van der Waals surface area contributed by atoms with E-state index in [-0.39, 0.29) is 7.24 Å². The van der Waals surface area contributed by atoms with Crippen LogP contribution in [0.5, 0.6) is 0 Å². The average molecular weight is 268 g/mol. The van der Waals surface area contributed by atoms with Crippen LogP contribution in [0.25, 0.3) is 0 Å². The molecule has 1 aromatic carbocycles. The molecule has 0 spiro atoms. The molecule has 1 saturated heterocycles. The summed E-state index contributed by atoms with van der Waals surface area (Å²) in [5, 5.41) is 3.36. The van der Waals surface area contributed by atoms with Crippen LogP contribution >= 0.6 is 0 Å². The van der Waals surface area contributed by atoms with E-state index in [2.05, 4.69) is 24.1 Å². The van der Waals surface area contributed by atoms with Crippen LogP contribution in [-0.4, -0.2) is 37.2 Å². The highest BCUT2D eigenvalue weighted by atomic mass is 19.1. The Labute approximate surface area is 116 Å². The molecule has 1 heterocycles. The van der Waals surface area contributed by atoms with Crippen LogP contribution in [0, 0.1) is 5.82 Å². The van der Waals surface area contributed by atoms with Crippen molar-refractivity contribution in [3.63, 3.8) is 0 Å². The van der Waals surface area contributed by atoms with Crippen molar-refractivity contribution in [1.82, 2.24) is 10.2 Å². The Balaban J connectivity index is 0.00000200.